The van der Waals surface area contributed by atoms with E-state index in [9.17, 15) is 0 Å². The van der Waals surface area contributed by atoms with Gasteiger partial charge in [0.25, 0.3) is 0 Å². The lowest BCUT2D eigenvalue weighted by Gasteiger charge is -2.10. The van der Waals surface area contributed by atoms with Crippen molar-refractivity contribution >= 4 is 27.3 Å². The number of rotatable bonds is 5. The van der Waals surface area contributed by atoms with E-state index in [0.717, 1.165) is 6.54 Å². The molecule has 1 rings (SSSR count). The third kappa shape index (κ3) is 3.79. The highest BCUT2D eigenvalue weighted by Crippen LogP contribution is 2.24. The molecule has 1 aromatic heterocycles. The summed E-state index contributed by atoms with van der Waals surface area (Å²) in [6.45, 7) is 5.45. The van der Waals surface area contributed by atoms with Gasteiger partial charge in [-0.15, -0.1) is 11.3 Å². The summed E-state index contributed by atoms with van der Waals surface area (Å²) in [5.74, 6) is 0. The zero-order chi connectivity index (χ0) is 9.68. The number of aryl methyl sites for hydroxylation is 1. The fraction of sp³-hybridized carbons (Fsp3) is 0.600. The molecule has 1 aromatic rings. The lowest BCUT2D eigenvalue weighted by Crippen LogP contribution is -2.25. The quantitative estimate of drug-likeness (QED) is 0.857. The predicted octanol–water partition coefficient (Wildman–Crippen LogP) is 3.44. The molecule has 13 heavy (non-hydrogen) atoms. The first-order chi connectivity index (χ1) is 6.24. The van der Waals surface area contributed by atoms with E-state index in [0.29, 0.717) is 6.04 Å². The molecule has 1 heterocycles. The Labute approximate surface area is 92.7 Å². The maximum absolute atomic E-state index is 3.55. The van der Waals surface area contributed by atoms with Crippen LogP contribution in [0.5, 0.6) is 0 Å². The van der Waals surface area contributed by atoms with E-state index in [4.69, 9.17) is 0 Å². The molecular formula is C10H16BrNS. The molecule has 74 valence electrons. The van der Waals surface area contributed by atoms with E-state index < -0.39 is 0 Å². The average Bonchev–Trinajstić information content (AvgIpc) is 2.48. The zero-order valence-corrected chi connectivity index (χ0v) is 10.5. The van der Waals surface area contributed by atoms with Crippen molar-refractivity contribution < 1.29 is 0 Å². The van der Waals surface area contributed by atoms with Crippen molar-refractivity contribution in [1.82, 2.24) is 5.32 Å². The summed E-state index contributed by atoms with van der Waals surface area (Å²) < 4.78 is 1.26. The van der Waals surface area contributed by atoms with Gasteiger partial charge in [0, 0.05) is 15.4 Å². The fourth-order valence-corrected chi connectivity index (χ4v) is 2.87. The largest absolute Gasteiger partial charge is 0.315 e. The Hall–Kier alpha value is 0.140. The highest BCUT2D eigenvalue weighted by molar-refractivity contribution is 9.10. The van der Waals surface area contributed by atoms with E-state index in [-0.39, 0.29) is 0 Å². The minimum Gasteiger partial charge on any atom is -0.315 e. The van der Waals surface area contributed by atoms with Crippen molar-refractivity contribution in [3.05, 3.63) is 20.8 Å². The minimum atomic E-state index is 0.624. The molecule has 0 saturated carbocycles. The molecular weight excluding hydrogens is 246 g/mol. The molecule has 0 amide bonds. The maximum Gasteiger partial charge on any atom is 0.0314 e. The molecule has 0 saturated heterocycles. The maximum atomic E-state index is 3.55. The number of hydrogen-bond donors (Lipinski definition) is 1. The Kier molecular flexibility index (Phi) is 4.99. The van der Waals surface area contributed by atoms with Gasteiger partial charge in [0.05, 0.1) is 0 Å². The lowest BCUT2D eigenvalue weighted by molar-refractivity contribution is 0.532. The minimum absolute atomic E-state index is 0.624. The third-order valence-electron chi connectivity index (χ3n) is 2.05. The number of thiophene rings is 1. The van der Waals surface area contributed by atoms with Crippen molar-refractivity contribution in [2.24, 2.45) is 0 Å². The van der Waals surface area contributed by atoms with E-state index in [2.05, 4.69) is 46.5 Å². The topological polar surface area (TPSA) is 12.0 Å². The molecule has 0 radical (unpaired) electrons. The van der Waals surface area contributed by atoms with E-state index >= 15 is 0 Å². The van der Waals surface area contributed by atoms with Gasteiger partial charge in [-0.2, -0.15) is 0 Å². The van der Waals surface area contributed by atoms with Crippen LogP contribution < -0.4 is 5.32 Å². The Morgan fingerprint density at radius 1 is 1.62 bits per heavy atom. The second-order valence-corrected chi connectivity index (χ2v) is 5.04. The highest BCUT2D eigenvalue weighted by Gasteiger charge is 2.04. The monoisotopic (exact) mass is 261 g/mol. The summed E-state index contributed by atoms with van der Waals surface area (Å²) in [6.07, 6.45) is 2.39. The van der Waals surface area contributed by atoms with Gasteiger partial charge in [-0.05, 0) is 53.7 Å². The van der Waals surface area contributed by atoms with Crippen LogP contribution in [0.25, 0.3) is 0 Å². The van der Waals surface area contributed by atoms with E-state index in [1.165, 1.54) is 22.2 Å². The first-order valence-corrected chi connectivity index (χ1v) is 6.36. The van der Waals surface area contributed by atoms with Crippen LogP contribution in [-0.4, -0.2) is 12.6 Å². The van der Waals surface area contributed by atoms with Gasteiger partial charge in [0.15, 0.2) is 0 Å². The van der Waals surface area contributed by atoms with Gasteiger partial charge in [-0.1, -0.05) is 6.92 Å². The second-order valence-electron chi connectivity index (χ2n) is 3.19. The molecule has 1 N–H and O–H groups in total. The van der Waals surface area contributed by atoms with Crippen LogP contribution in [0.2, 0.25) is 0 Å². The third-order valence-corrected chi connectivity index (χ3v) is 4.03. The molecule has 1 unspecified atom stereocenters. The average molecular weight is 262 g/mol. The van der Waals surface area contributed by atoms with Crippen molar-refractivity contribution in [3.63, 3.8) is 0 Å². The summed E-state index contributed by atoms with van der Waals surface area (Å²) >= 11 is 5.38. The molecule has 1 atom stereocenters. The Morgan fingerprint density at radius 2 is 2.38 bits per heavy atom. The smallest absolute Gasteiger partial charge is 0.0314 e. The summed E-state index contributed by atoms with van der Waals surface area (Å²) in [5, 5.41) is 5.55. The van der Waals surface area contributed by atoms with Gasteiger partial charge < -0.3 is 5.32 Å². The van der Waals surface area contributed by atoms with Gasteiger partial charge in [-0.3, -0.25) is 0 Å². The number of nitrogens with one attached hydrogen (secondary N) is 1. The Balaban J connectivity index is 2.30. The highest BCUT2D eigenvalue weighted by atomic mass is 79.9. The van der Waals surface area contributed by atoms with Gasteiger partial charge >= 0.3 is 0 Å². The van der Waals surface area contributed by atoms with Gasteiger partial charge in [0.1, 0.15) is 0 Å². The molecule has 0 fully saturated rings. The van der Waals surface area contributed by atoms with E-state index in [1.807, 2.05) is 11.3 Å². The second kappa shape index (κ2) is 5.78. The fourth-order valence-electron chi connectivity index (χ4n) is 1.30. The van der Waals surface area contributed by atoms with Gasteiger partial charge in [-0.25, -0.2) is 0 Å². The Morgan fingerprint density at radius 3 is 2.92 bits per heavy atom. The van der Waals surface area contributed by atoms with Crippen LogP contribution in [0.4, 0.5) is 0 Å². The molecule has 0 aliphatic carbocycles. The van der Waals surface area contributed by atoms with Crippen molar-refractivity contribution in [3.8, 4) is 0 Å². The van der Waals surface area contributed by atoms with Crippen LogP contribution in [0.15, 0.2) is 15.9 Å². The molecule has 0 spiro atoms. The Bertz CT molecular complexity index is 247. The first-order valence-electron chi connectivity index (χ1n) is 4.69. The predicted molar refractivity (Wildman–Crippen MR) is 63.5 cm³/mol. The van der Waals surface area contributed by atoms with Gasteiger partial charge in [0.2, 0.25) is 0 Å². The molecule has 0 aromatic carbocycles. The van der Waals surface area contributed by atoms with Crippen molar-refractivity contribution in [1.29, 1.82) is 0 Å². The molecule has 1 nitrogen and oxygen atoms in total. The van der Waals surface area contributed by atoms with Crippen molar-refractivity contribution in [2.75, 3.05) is 6.54 Å². The summed E-state index contributed by atoms with van der Waals surface area (Å²) in [5.41, 5.74) is 0. The number of hydrogen-bond acceptors (Lipinski definition) is 2. The van der Waals surface area contributed by atoms with Crippen LogP contribution in [0, 0.1) is 0 Å². The molecule has 0 bridgehead atoms. The lowest BCUT2D eigenvalue weighted by atomic mass is 10.1. The SMILES string of the molecule is CCNC(C)CCc1sccc1Br. The number of halogens is 1. The normalized spacial score (nSPS) is 13.2. The summed E-state index contributed by atoms with van der Waals surface area (Å²) in [6, 6.07) is 2.75. The molecule has 3 heteroatoms. The van der Waals surface area contributed by atoms with Crippen LogP contribution in [-0.2, 0) is 6.42 Å². The molecule has 0 aliphatic heterocycles. The zero-order valence-electron chi connectivity index (χ0n) is 8.14. The summed E-state index contributed by atoms with van der Waals surface area (Å²) in [4.78, 5) is 1.46. The van der Waals surface area contributed by atoms with Crippen LogP contribution >= 0.6 is 27.3 Å². The standard InChI is InChI=1S/C10H16BrNS/c1-3-12-8(2)4-5-10-9(11)6-7-13-10/h6-8,12H,3-5H2,1-2H3. The van der Waals surface area contributed by atoms with E-state index in [1.54, 1.807) is 0 Å². The van der Waals surface area contributed by atoms with Crippen molar-refractivity contribution in [2.45, 2.75) is 32.7 Å². The van der Waals surface area contributed by atoms with Crippen LogP contribution in [0.3, 0.4) is 0 Å². The van der Waals surface area contributed by atoms with Crippen LogP contribution in [0.1, 0.15) is 25.1 Å². The summed E-state index contributed by atoms with van der Waals surface area (Å²) in [7, 11) is 0. The first kappa shape index (κ1) is 11.2. The molecule has 0 aliphatic rings.